The molecule has 0 aliphatic carbocycles. The molecule has 114 valence electrons. The second-order valence-corrected chi connectivity index (χ2v) is 7.31. The highest BCUT2D eigenvalue weighted by Crippen LogP contribution is 2.48. The van der Waals surface area contributed by atoms with Gasteiger partial charge in [0, 0.05) is 0 Å². The largest absolute Gasteiger partial charge is 0.444 e. The molecule has 3 heterocycles. The summed E-state index contributed by atoms with van der Waals surface area (Å²) < 4.78 is 17.2. The summed E-state index contributed by atoms with van der Waals surface area (Å²) in [6.07, 6.45) is -0.906. The molecule has 3 rings (SSSR count). The molecule has 6 heteroatoms. The van der Waals surface area contributed by atoms with Gasteiger partial charge in [-0.05, 0) is 41.0 Å². The topological polar surface area (TPSA) is 68.2 Å². The smallest absolute Gasteiger partial charge is 0.411 e. The van der Waals surface area contributed by atoms with E-state index in [9.17, 15) is 9.90 Å². The van der Waals surface area contributed by atoms with E-state index in [0.29, 0.717) is 6.42 Å². The van der Waals surface area contributed by atoms with Crippen LogP contribution in [-0.4, -0.2) is 57.9 Å². The number of rotatable bonds is 0. The van der Waals surface area contributed by atoms with Crippen molar-refractivity contribution in [3.63, 3.8) is 0 Å². The number of hydrogen-bond acceptors (Lipinski definition) is 5. The van der Waals surface area contributed by atoms with E-state index in [1.165, 1.54) is 0 Å². The Hall–Kier alpha value is -0.850. The molecule has 20 heavy (non-hydrogen) atoms. The molecule has 0 radical (unpaired) electrons. The highest BCUT2D eigenvalue weighted by Gasteiger charge is 2.66. The van der Waals surface area contributed by atoms with Gasteiger partial charge in [0.1, 0.15) is 17.8 Å². The Morgan fingerprint density at radius 1 is 1.30 bits per heavy atom. The van der Waals surface area contributed by atoms with Gasteiger partial charge in [-0.3, -0.25) is 4.90 Å². The molecule has 2 bridgehead atoms. The van der Waals surface area contributed by atoms with E-state index < -0.39 is 23.6 Å². The lowest BCUT2D eigenvalue weighted by molar-refractivity contribution is -0.163. The molecule has 1 N–H and O–H groups in total. The predicted molar refractivity (Wildman–Crippen MR) is 70.1 cm³/mol. The summed E-state index contributed by atoms with van der Waals surface area (Å²) in [4.78, 5) is 14.0. The van der Waals surface area contributed by atoms with E-state index in [1.54, 1.807) is 4.90 Å². The van der Waals surface area contributed by atoms with Crippen molar-refractivity contribution in [1.82, 2.24) is 4.90 Å². The minimum absolute atomic E-state index is 0.170. The van der Waals surface area contributed by atoms with Gasteiger partial charge in [0.2, 0.25) is 0 Å². The quantitative estimate of drug-likeness (QED) is 0.725. The lowest BCUT2D eigenvalue weighted by Crippen LogP contribution is -2.46. The van der Waals surface area contributed by atoms with E-state index >= 15 is 0 Å². The molecule has 3 fully saturated rings. The SMILES string of the molecule is CC(C)(C)OC(=O)N1[C@H]2[C@H]3OC(C)(C)O[C@H]3[C@@H]1C[C@@H]2O. The van der Waals surface area contributed by atoms with Gasteiger partial charge in [-0.15, -0.1) is 0 Å². The zero-order valence-electron chi connectivity index (χ0n) is 12.6. The molecule has 1 amide bonds. The van der Waals surface area contributed by atoms with Gasteiger partial charge in [0.05, 0.1) is 18.2 Å². The number of hydrogen-bond donors (Lipinski definition) is 1. The van der Waals surface area contributed by atoms with Crippen molar-refractivity contribution in [2.45, 2.75) is 82.8 Å². The first-order valence-corrected chi connectivity index (χ1v) is 7.14. The van der Waals surface area contributed by atoms with E-state index in [-0.39, 0.29) is 24.3 Å². The van der Waals surface area contributed by atoms with Crippen LogP contribution in [0.5, 0.6) is 0 Å². The summed E-state index contributed by atoms with van der Waals surface area (Å²) in [5.74, 6) is -0.657. The molecule has 0 unspecified atom stereocenters. The maximum absolute atomic E-state index is 12.3. The zero-order chi connectivity index (χ0) is 14.9. The van der Waals surface area contributed by atoms with Gasteiger partial charge in [0.15, 0.2) is 5.79 Å². The highest BCUT2D eigenvalue weighted by atomic mass is 16.8. The van der Waals surface area contributed by atoms with Crippen LogP contribution in [0.1, 0.15) is 41.0 Å². The molecular weight excluding hydrogens is 262 g/mol. The van der Waals surface area contributed by atoms with Crippen LogP contribution in [0.4, 0.5) is 4.79 Å². The molecule has 0 spiro atoms. The third-order valence-electron chi connectivity index (χ3n) is 4.04. The molecule has 6 nitrogen and oxygen atoms in total. The normalized spacial score (nSPS) is 41.9. The van der Waals surface area contributed by atoms with E-state index in [4.69, 9.17) is 14.2 Å². The Morgan fingerprint density at radius 2 is 1.90 bits per heavy atom. The summed E-state index contributed by atoms with van der Waals surface area (Å²) >= 11 is 0. The summed E-state index contributed by atoms with van der Waals surface area (Å²) in [5.41, 5.74) is -0.555. The first kappa shape index (κ1) is 14.1. The number of amides is 1. The number of carbonyl (C=O) groups is 1. The second kappa shape index (κ2) is 4.08. The average molecular weight is 285 g/mol. The predicted octanol–water partition coefficient (Wildman–Crippen LogP) is 1.26. The van der Waals surface area contributed by atoms with Crippen LogP contribution in [0.2, 0.25) is 0 Å². The molecule has 3 saturated heterocycles. The van der Waals surface area contributed by atoms with Crippen LogP contribution in [-0.2, 0) is 14.2 Å². The Balaban J connectivity index is 1.81. The van der Waals surface area contributed by atoms with Crippen molar-refractivity contribution in [2.24, 2.45) is 0 Å². The molecular formula is C14H23NO5. The molecule has 5 atom stereocenters. The Labute approximate surface area is 119 Å². The summed E-state index contributed by atoms with van der Waals surface area (Å²) in [6.45, 7) is 9.20. The van der Waals surface area contributed by atoms with E-state index in [2.05, 4.69) is 0 Å². The van der Waals surface area contributed by atoms with E-state index in [1.807, 2.05) is 34.6 Å². The Morgan fingerprint density at radius 3 is 2.50 bits per heavy atom. The number of carbonyl (C=O) groups excluding carboxylic acids is 1. The maximum atomic E-state index is 12.3. The van der Waals surface area contributed by atoms with Gasteiger partial charge in [-0.25, -0.2) is 4.79 Å². The van der Waals surface area contributed by atoms with Gasteiger partial charge >= 0.3 is 6.09 Å². The highest BCUT2D eigenvalue weighted by molar-refractivity contribution is 5.70. The van der Waals surface area contributed by atoms with Crippen molar-refractivity contribution in [3.05, 3.63) is 0 Å². The number of ether oxygens (including phenoxy) is 3. The third kappa shape index (κ3) is 2.10. The average Bonchev–Trinajstić information content (AvgIpc) is 2.79. The van der Waals surface area contributed by atoms with Gasteiger partial charge < -0.3 is 19.3 Å². The van der Waals surface area contributed by atoms with Crippen LogP contribution < -0.4 is 0 Å². The van der Waals surface area contributed by atoms with Gasteiger partial charge in [-0.2, -0.15) is 0 Å². The summed E-state index contributed by atoms with van der Waals surface area (Å²) in [6, 6.07) is -0.543. The molecule has 0 saturated carbocycles. The molecule has 3 aliphatic rings. The standard InChI is InChI=1S/C14H23NO5/c1-13(2,3)20-12(17)15-7-6-8(16)9(15)11-10(7)18-14(4,5)19-11/h7-11,16H,6H2,1-5H3/t7-,8-,9+,10-,11+/m0/s1. The van der Waals surface area contributed by atoms with Crippen molar-refractivity contribution in [2.75, 3.05) is 0 Å². The lowest BCUT2D eigenvalue weighted by atomic mass is 9.93. The molecule has 3 aliphatic heterocycles. The first-order valence-electron chi connectivity index (χ1n) is 7.14. The number of aliphatic hydroxyl groups excluding tert-OH is 1. The third-order valence-corrected chi connectivity index (χ3v) is 4.04. The van der Waals surface area contributed by atoms with Gasteiger partial charge in [0.25, 0.3) is 0 Å². The molecule has 0 aromatic carbocycles. The van der Waals surface area contributed by atoms with Crippen molar-refractivity contribution >= 4 is 6.09 Å². The monoisotopic (exact) mass is 285 g/mol. The Bertz CT molecular complexity index is 430. The fourth-order valence-corrected chi connectivity index (χ4v) is 3.53. The molecule has 0 aromatic rings. The fraction of sp³-hybridized carbons (Fsp3) is 0.929. The maximum Gasteiger partial charge on any atom is 0.411 e. The van der Waals surface area contributed by atoms with E-state index in [0.717, 1.165) is 0 Å². The second-order valence-electron chi connectivity index (χ2n) is 7.31. The lowest BCUT2D eigenvalue weighted by Gasteiger charge is -2.30. The minimum atomic E-state index is -0.657. The van der Waals surface area contributed by atoms with Crippen LogP contribution >= 0.6 is 0 Å². The van der Waals surface area contributed by atoms with Crippen LogP contribution in [0.15, 0.2) is 0 Å². The van der Waals surface area contributed by atoms with Crippen molar-refractivity contribution in [3.8, 4) is 0 Å². The van der Waals surface area contributed by atoms with Crippen LogP contribution in [0.25, 0.3) is 0 Å². The first-order chi connectivity index (χ1) is 9.09. The van der Waals surface area contributed by atoms with Crippen LogP contribution in [0.3, 0.4) is 0 Å². The number of fused-ring (bicyclic) bond motifs is 5. The fourth-order valence-electron chi connectivity index (χ4n) is 3.53. The zero-order valence-corrected chi connectivity index (χ0v) is 12.6. The number of nitrogens with zero attached hydrogens (tertiary/aromatic N) is 1. The molecule has 0 aromatic heterocycles. The summed E-state index contributed by atoms with van der Waals surface area (Å²) in [7, 11) is 0. The minimum Gasteiger partial charge on any atom is -0.444 e. The van der Waals surface area contributed by atoms with Crippen molar-refractivity contribution in [1.29, 1.82) is 0 Å². The summed E-state index contributed by atoms with van der Waals surface area (Å²) in [5, 5.41) is 10.2. The van der Waals surface area contributed by atoms with Crippen LogP contribution in [0, 0.1) is 0 Å². The van der Waals surface area contributed by atoms with Crippen molar-refractivity contribution < 1.29 is 24.1 Å². The Kier molecular flexibility index (Phi) is 2.88. The van der Waals surface area contributed by atoms with Gasteiger partial charge in [-0.1, -0.05) is 0 Å². The number of aliphatic hydroxyl groups is 1.